The van der Waals surface area contributed by atoms with E-state index in [-0.39, 0.29) is 5.91 Å². The van der Waals surface area contributed by atoms with E-state index in [1.54, 1.807) is 18.3 Å². The number of likely N-dealkylation sites (N-methyl/N-ethyl adjacent to an activating group) is 1. The third kappa shape index (κ3) is 4.27. The van der Waals surface area contributed by atoms with E-state index in [9.17, 15) is 4.79 Å². The number of rotatable bonds is 4. The van der Waals surface area contributed by atoms with Crippen LogP contribution in [0.5, 0.6) is 0 Å². The molecule has 1 amide bonds. The number of hydrogen-bond donors (Lipinski definition) is 1. The Morgan fingerprint density at radius 2 is 2.00 bits per heavy atom. The van der Waals surface area contributed by atoms with Crippen LogP contribution >= 0.6 is 11.6 Å². The lowest BCUT2D eigenvalue weighted by molar-refractivity contribution is 0.102. The molecular weight excluding hydrogens is 338 g/mol. The Morgan fingerprint density at radius 3 is 2.68 bits per heavy atom. The molecule has 1 fully saturated rings. The highest BCUT2D eigenvalue weighted by atomic mass is 35.5. The van der Waals surface area contributed by atoms with Crippen LogP contribution in [-0.4, -0.2) is 53.5 Å². The zero-order chi connectivity index (χ0) is 17.8. The Balaban J connectivity index is 1.70. The lowest BCUT2D eigenvalue weighted by atomic mass is 10.2. The van der Waals surface area contributed by atoms with Crippen molar-refractivity contribution in [1.82, 2.24) is 14.9 Å². The van der Waals surface area contributed by atoms with Crippen LogP contribution in [0.3, 0.4) is 0 Å². The van der Waals surface area contributed by atoms with Gasteiger partial charge in [0, 0.05) is 43.1 Å². The number of anilines is 2. The van der Waals surface area contributed by atoms with Crippen molar-refractivity contribution in [2.45, 2.75) is 13.8 Å². The van der Waals surface area contributed by atoms with Gasteiger partial charge in [-0.1, -0.05) is 24.6 Å². The number of aromatic nitrogens is 2. The fraction of sp³-hybridized carbons (Fsp3) is 0.389. The van der Waals surface area contributed by atoms with Gasteiger partial charge in [-0.25, -0.2) is 9.97 Å². The Bertz CT molecular complexity index is 759. The molecule has 0 saturated carbocycles. The van der Waals surface area contributed by atoms with Gasteiger partial charge in [0.2, 0.25) is 5.95 Å². The normalized spacial score (nSPS) is 15.2. The predicted octanol–water partition coefficient (Wildman–Crippen LogP) is 2.83. The maximum atomic E-state index is 12.5. The van der Waals surface area contributed by atoms with Gasteiger partial charge in [0.05, 0.1) is 0 Å². The van der Waals surface area contributed by atoms with Crippen molar-refractivity contribution in [3.8, 4) is 0 Å². The van der Waals surface area contributed by atoms with Gasteiger partial charge >= 0.3 is 0 Å². The van der Waals surface area contributed by atoms with Gasteiger partial charge in [-0.3, -0.25) is 4.79 Å². The van der Waals surface area contributed by atoms with Crippen molar-refractivity contribution in [2.24, 2.45) is 0 Å². The molecule has 1 saturated heterocycles. The number of nitrogens with zero attached hydrogens (tertiary/aromatic N) is 4. The predicted molar refractivity (Wildman–Crippen MR) is 101 cm³/mol. The van der Waals surface area contributed by atoms with Gasteiger partial charge in [-0.2, -0.15) is 0 Å². The van der Waals surface area contributed by atoms with E-state index in [2.05, 4.69) is 32.0 Å². The number of hydrogen-bond acceptors (Lipinski definition) is 5. The van der Waals surface area contributed by atoms with E-state index in [1.807, 2.05) is 19.1 Å². The third-order valence-corrected chi connectivity index (χ3v) is 4.81. The van der Waals surface area contributed by atoms with Crippen LogP contribution in [0, 0.1) is 6.92 Å². The number of aryl methyl sites for hydroxylation is 1. The fourth-order valence-electron chi connectivity index (χ4n) is 2.76. The molecule has 6 nitrogen and oxygen atoms in total. The van der Waals surface area contributed by atoms with Crippen molar-refractivity contribution in [3.05, 3.63) is 46.7 Å². The van der Waals surface area contributed by atoms with E-state index in [4.69, 9.17) is 11.6 Å². The van der Waals surface area contributed by atoms with Crippen LogP contribution < -0.4 is 10.2 Å². The number of nitrogens with one attached hydrogen (secondary N) is 1. The molecule has 1 aliphatic heterocycles. The Labute approximate surface area is 152 Å². The molecule has 0 bridgehead atoms. The number of piperazine rings is 1. The van der Waals surface area contributed by atoms with Crippen LogP contribution in [0.4, 0.5) is 11.6 Å². The van der Waals surface area contributed by atoms with E-state index in [1.165, 1.54) is 0 Å². The van der Waals surface area contributed by atoms with Crippen molar-refractivity contribution in [1.29, 1.82) is 0 Å². The van der Waals surface area contributed by atoms with Crippen molar-refractivity contribution in [2.75, 3.05) is 42.9 Å². The largest absolute Gasteiger partial charge is 0.338 e. The molecule has 3 rings (SSSR count). The van der Waals surface area contributed by atoms with Crippen LogP contribution in [0.25, 0.3) is 0 Å². The molecule has 2 aromatic rings. The third-order valence-electron chi connectivity index (χ3n) is 4.41. The highest BCUT2D eigenvalue weighted by Gasteiger charge is 2.19. The second-order valence-electron chi connectivity index (χ2n) is 6.08. The topological polar surface area (TPSA) is 61.4 Å². The van der Waals surface area contributed by atoms with Crippen molar-refractivity contribution < 1.29 is 4.79 Å². The first kappa shape index (κ1) is 17.6. The Kier molecular flexibility index (Phi) is 5.50. The molecule has 2 heterocycles. The summed E-state index contributed by atoms with van der Waals surface area (Å²) < 4.78 is 0. The molecule has 1 aliphatic rings. The first-order valence-corrected chi connectivity index (χ1v) is 8.82. The van der Waals surface area contributed by atoms with E-state index in [0.717, 1.165) is 38.3 Å². The number of halogens is 1. The van der Waals surface area contributed by atoms with Gasteiger partial charge in [0.25, 0.3) is 5.91 Å². The van der Waals surface area contributed by atoms with Crippen LogP contribution in [-0.2, 0) is 0 Å². The summed E-state index contributed by atoms with van der Waals surface area (Å²) in [6.07, 6.45) is 1.63. The Morgan fingerprint density at radius 1 is 1.24 bits per heavy atom. The number of carbonyl (C=O) groups is 1. The zero-order valence-corrected chi connectivity index (χ0v) is 15.3. The van der Waals surface area contributed by atoms with Gasteiger partial charge in [0.15, 0.2) is 0 Å². The quantitative estimate of drug-likeness (QED) is 0.909. The number of amides is 1. The van der Waals surface area contributed by atoms with Gasteiger partial charge in [0.1, 0.15) is 5.69 Å². The summed E-state index contributed by atoms with van der Waals surface area (Å²) in [7, 11) is 0. The highest BCUT2D eigenvalue weighted by molar-refractivity contribution is 6.31. The summed E-state index contributed by atoms with van der Waals surface area (Å²) in [6.45, 7) is 8.84. The maximum absolute atomic E-state index is 12.5. The van der Waals surface area contributed by atoms with Crippen LogP contribution in [0.1, 0.15) is 23.0 Å². The molecule has 1 aromatic heterocycles. The summed E-state index contributed by atoms with van der Waals surface area (Å²) in [5.41, 5.74) is 1.96. The van der Waals surface area contributed by atoms with Crippen LogP contribution in [0.15, 0.2) is 30.5 Å². The SMILES string of the molecule is CCN1CCN(c2nccc(C(=O)Nc3ccc(C)c(Cl)c3)n2)CC1. The molecular formula is C18H22ClN5O. The molecule has 0 aliphatic carbocycles. The number of carbonyl (C=O) groups excluding carboxylic acids is 1. The van der Waals surface area contributed by atoms with E-state index >= 15 is 0 Å². The van der Waals surface area contributed by atoms with Gasteiger partial charge in [-0.15, -0.1) is 0 Å². The maximum Gasteiger partial charge on any atom is 0.274 e. The minimum Gasteiger partial charge on any atom is -0.338 e. The van der Waals surface area contributed by atoms with Crippen molar-refractivity contribution >= 4 is 29.1 Å². The first-order chi connectivity index (χ1) is 12.1. The second kappa shape index (κ2) is 7.80. The molecule has 1 N–H and O–H groups in total. The monoisotopic (exact) mass is 359 g/mol. The second-order valence-corrected chi connectivity index (χ2v) is 6.49. The molecule has 1 aromatic carbocycles. The van der Waals surface area contributed by atoms with Gasteiger partial charge in [-0.05, 0) is 37.2 Å². The summed E-state index contributed by atoms with van der Waals surface area (Å²) in [6, 6.07) is 7.06. The lowest BCUT2D eigenvalue weighted by Gasteiger charge is -2.34. The number of benzene rings is 1. The molecule has 0 spiro atoms. The average Bonchev–Trinajstić information content (AvgIpc) is 2.65. The van der Waals surface area contributed by atoms with Gasteiger partial charge < -0.3 is 15.1 Å². The summed E-state index contributed by atoms with van der Waals surface area (Å²) >= 11 is 6.11. The summed E-state index contributed by atoms with van der Waals surface area (Å²) in [5.74, 6) is 0.334. The summed E-state index contributed by atoms with van der Waals surface area (Å²) in [5, 5.41) is 3.45. The smallest absolute Gasteiger partial charge is 0.274 e. The van der Waals surface area contributed by atoms with Crippen LogP contribution in [0.2, 0.25) is 5.02 Å². The lowest BCUT2D eigenvalue weighted by Crippen LogP contribution is -2.46. The first-order valence-electron chi connectivity index (χ1n) is 8.44. The summed E-state index contributed by atoms with van der Waals surface area (Å²) in [4.78, 5) is 25.7. The highest BCUT2D eigenvalue weighted by Crippen LogP contribution is 2.20. The van der Waals surface area contributed by atoms with E-state index in [0.29, 0.717) is 22.4 Å². The average molecular weight is 360 g/mol. The molecule has 25 heavy (non-hydrogen) atoms. The fourth-order valence-corrected chi connectivity index (χ4v) is 2.94. The molecule has 0 radical (unpaired) electrons. The van der Waals surface area contributed by atoms with Crippen molar-refractivity contribution in [3.63, 3.8) is 0 Å². The molecule has 0 atom stereocenters. The minimum atomic E-state index is -0.268. The molecule has 132 valence electrons. The zero-order valence-electron chi connectivity index (χ0n) is 14.5. The molecule has 7 heteroatoms. The Hall–Kier alpha value is -2.18. The van der Waals surface area contributed by atoms with E-state index < -0.39 is 0 Å². The standard InChI is InChI=1S/C18H22ClN5O/c1-3-23-8-10-24(11-9-23)18-20-7-6-16(22-18)17(25)21-14-5-4-13(2)15(19)12-14/h4-7,12H,3,8-11H2,1-2H3,(H,21,25). The molecule has 0 unspecified atom stereocenters. The minimum absolute atomic E-state index is 0.268.